The summed E-state index contributed by atoms with van der Waals surface area (Å²) >= 11 is 0. The van der Waals surface area contributed by atoms with Crippen LogP contribution in [0, 0.1) is 17.0 Å². The lowest BCUT2D eigenvalue weighted by atomic mass is 10.1. The number of benzene rings is 2. The number of nitro groups is 1. The third-order valence-electron chi connectivity index (χ3n) is 4.40. The van der Waals surface area contributed by atoms with Gasteiger partial charge in [0.15, 0.2) is 0 Å². The minimum absolute atomic E-state index is 0.0118. The van der Waals surface area contributed by atoms with Gasteiger partial charge in [0.2, 0.25) is 0 Å². The maximum absolute atomic E-state index is 12.8. The molecule has 0 bridgehead atoms. The van der Waals surface area contributed by atoms with E-state index in [2.05, 4.69) is 5.10 Å². The molecule has 0 spiro atoms. The van der Waals surface area contributed by atoms with Crippen LogP contribution in [-0.2, 0) is 7.05 Å². The van der Waals surface area contributed by atoms with Gasteiger partial charge in [0.25, 0.3) is 11.2 Å². The summed E-state index contributed by atoms with van der Waals surface area (Å²) in [5.41, 5.74) is 2.71. The van der Waals surface area contributed by atoms with Crippen molar-refractivity contribution in [1.29, 1.82) is 0 Å². The van der Waals surface area contributed by atoms with Crippen LogP contribution in [0.2, 0.25) is 0 Å². The number of aryl methyl sites for hydroxylation is 2. The molecule has 25 heavy (non-hydrogen) atoms. The Morgan fingerprint density at radius 2 is 1.76 bits per heavy atom. The van der Waals surface area contributed by atoms with Gasteiger partial charge < -0.3 is 4.57 Å². The highest BCUT2D eigenvalue weighted by Gasteiger charge is 2.18. The number of pyridine rings is 1. The fourth-order valence-corrected chi connectivity index (χ4v) is 3.18. The van der Waals surface area contributed by atoms with Crippen molar-refractivity contribution in [2.24, 2.45) is 7.05 Å². The summed E-state index contributed by atoms with van der Waals surface area (Å²) in [5.74, 6) is 0. The quantitative estimate of drug-likeness (QED) is 0.416. The number of rotatable bonds is 2. The first-order valence-electron chi connectivity index (χ1n) is 7.71. The number of hydrogen-bond donors (Lipinski definition) is 0. The van der Waals surface area contributed by atoms with E-state index in [9.17, 15) is 14.9 Å². The van der Waals surface area contributed by atoms with E-state index in [0.717, 1.165) is 10.9 Å². The number of nitro benzene ring substituents is 1. The Hall–Kier alpha value is -3.48. The lowest BCUT2D eigenvalue weighted by molar-refractivity contribution is -0.384. The molecule has 2 aromatic heterocycles. The maximum Gasteiger partial charge on any atom is 0.269 e. The van der Waals surface area contributed by atoms with Crippen molar-refractivity contribution >= 4 is 27.5 Å². The zero-order valence-corrected chi connectivity index (χ0v) is 13.6. The molecule has 124 valence electrons. The Labute approximate surface area is 141 Å². The normalized spacial score (nSPS) is 11.3. The molecule has 0 N–H and O–H groups in total. The van der Waals surface area contributed by atoms with Crippen molar-refractivity contribution in [3.63, 3.8) is 0 Å². The van der Waals surface area contributed by atoms with E-state index in [-0.39, 0.29) is 11.2 Å². The predicted molar refractivity (Wildman–Crippen MR) is 95.2 cm³/mol. The molecule has 4 rings (SSSR count). The minimum Gasteiger partial charge on any atom is -0.311 e. The third-order valence-corrected chi connectivity index (χ3v) is 4.40. The Balaban J connectivity index is 2.12. The van der Waals surface area contributed by atoms with Crippen LogP contribution in [0.4, 0.5) is 5.69 Å². The second-order valence-electron chi connectivity index (χ2n) is 5.88. The van der Waals surface area contributed by atoms with Gasteiger partial charge in [0.1, 0.15) is 0 Å². The molecule has 2 aromatic carbocycles. The summed E-state index contributed by atoms with van der Waals surface area (Å²) in [4.78, 5) is 23.2. The van der Waals surface area contributed by atoms with Gasteiger partial charge in [0, 0.05) is 24.6 Å². The highest BCUT2D eigenvalue weighted by atomic mass is 16.6. The van der Waals surface area contributed by atoms with Gasteiger partial charge in [0.05, 0.1) is 32.7 Å². The summed E-state index contributed by atoms with van der Waals surface area (Å²) in [7, 11) is 1.74. The molecule has 0 aliphatic heterocycles. The Morgan fingerprint density at radius 1 is 1.08 bits per heavy atom. The average Bonchev–Trinajstić information content (AvgIpc) is 2.97. The topological polar surface area (TPSA) is 83.0 Å². The van der Waals surface area contributed by atoms with E-state index >= 15 is 0 Å². The standard InChI is InChI=1S/C18H14N4O3/c1-11-16-17(14-5-3-4-6-15(14)20(2)18(16)23)21(19-11)12-7-9-13(10-8-12)22(24)25/h3-10H,1-2H3. The number of non-ortho nitro benzene ring substituents is 1. The molecule has 7 heteroatoms. The molecule has 7 nitrogen and oxygen atoms in total. The smallest absolute Gasteiger partial charge is 0.269 e. The van der Waals surface area contributed by atoms with E-state index in [1.165, 1.54) is 12.1 Å². The maximum atomic E-state index is 12.8. The molecular formula is C18H14N4O3. The van der Waals surface area contributed by atoms with Crippen molar-refractivity contribution in [3.05, 3.63) is 74.7 Å². The van der Waals surface area contributed by atoms with E-state index in [0.29, 0.717) is 22.3 Å². The summed E-state index contributed by atoms with van der Waals surface area (Å²) in [6.45, 7) is 1.79. The van der Waals surface area contributed by atoms with E-state index in [4.69, 9.17) is 0 Å². The SMILES string of the molecule is Cc1nn(-c2ccc([N+](=O)[O-])cc2)c2c1c(=O)n(C)c1ccccc21. The number of fused-ring (bicyclic) bond motifs is 3. The first-order valence-corrected chi connectivity index (χ1v) is 7.71. The van der Waals surface area contributed by atoms with E-state index in [1.54, 1.807) is 35.4 Å². The van der Waals surface area contributed by atoms with Gasteiger partial charge >= 0.3 is 0 Å². The highest BCUT2D eigenvalue weighted by Crippen LogP contribution is 2.27. The Bertz CT molecular complexity index is 1200. The van der Waals surface area contributed by atoms with E-state index in [1.807, 2.05) is 24.3 Å². The zero-order chi connectivity index (χ0) is 17.7. The van der Waals surface area contributed by atoms with Crippen molar-refractivity contribution in [3.8, 4) is 5.69 Å². The largest absolute Gasteiger partial charge is 0.311 e. The molecule has 0 fully saturated rings. The molecule has 0 saturated carbocycles. The predicted octanol–water partition coefficient (Wildman–Crippen LogP) is 3.09. The number of para-hydroxylation sites is 1. The molecule has 0 radical (unpaired) electrons. The number of hydrogen-bond acceptors (Lipinski definition) is 4. The molecule has 0 saturated heterocycles. The molecule has 4 aromatic rings. The molecule has 0 amide bonds. The van der Waals surface area contributed by atoms with Crippen molar-refractivity contribution < 1.29 is 4.92 Å². The molecule has 0 aliphatic rings. The third kappa shape index (κ3) is 2.13. The molecule has 0 aliphatic carbocycles. The summed E-state index contributed by atoms with van der Waals surface area (Å²) in [5, 5.41) is 16.8. The number of aromatic nitrogens is 3. The number of nitrogens with zero attached hydrogens (tertiary/aromatic N) is 4. The summed E-state index contributed by atoms with van der Waals surface area (Å²) in [6, 6.07) is 13.8. The first-order chi connectivity index (χ1) is 12.0. The van der Waals surface area contributed by atoms with Crippen LogP contribution in [0.15, 0.2) is 53.3 Å². The van der Waals surface area contributed by atoms with Gasteiger partial charge in [-0.2, -0.15) is 5.10 Å². The van der Waals surface area contributed by atoms with Crippen LogP contribution in [-0.4, -0.2) is 19.3 Å². The average molecular weight is 334 g/mol. The summed E-state index contributed by atoms with van der Waals surface area (Å²) in [6.07, 6.45) is 0. The Kier molecular flexibility index (Phi) is 3.18. The van der Waals surface area contributed by atoms with Gasteiger partial charge in [-0.1, -0.05) is 18.2 Å². The summed E-state index contributed by atoms with van der Waals surface area (Å²) < 4.78 is 3.30. The van der Waals surface area contributed by atoms with Crippen LogP contribution in [0.5, 0.6) is 0 Å². The lowest BCUT2D eigenvalue weighted by Crippen LogP contribution is -2.17. The van der Waals surface area contributed by atoms with Crippen LogP contribution < -0.4 is 5.56 Å². The van der Waals surface area contributed by atoms with Crippen molar-refractivity contribution in [2.45, 2.75) is 6.92 Å². The second-order valence-corrected chi connectivity index (χ2v) is 5.88. The van der Waals surface area contributed by atoms with Crippen LogP contribution in [0.3, 0.4) is 0 Å². The minimum atomic E-state index is -0.443. The molecule has 0 unspecified atom stereocenters. The van der Waals surface area contributed by atoms with Crippen molar-refractivity contribution in [1.82, 2.24) is 14.3 Å². The van der Waals surface area contributed by atoms with Crippen LogP contribution >= 0.6 is 0 Å². The van der Waals surface area contributed by atoms with Crippen LogP contribution in [0.1, 0.15) is 5.69 Å². The van der Waals surface area contributed by atoms with Gasteiger partial charge in [-0.05, 0) is 25.1 Å². The second kappa shape index (κ2) is 5.27. The van der Waals surface area contributed by atoms with Crippen LogP contribution in [0.25, 0.3) is 27.5 Å². The van der Waals surface area contributed by atoms with Crippen molar-refractivity contribution in [2.75, 3.05) is 0 Å². The highest BCUT2D eigenvalue weighted by molar-refractivity contribution is 6.05. The first kappa shape index (κ1) is 15.1. The van der Waals surface area contributed by atoms with Gasteiger partial charge in [-0.15, -0.1) is 0 Å². The zero-order valence-electron chi connectivity index (χ0n) is 13.6. The monoisotopic (exact) mass is 334 g/mol. The Morgan fingerprint density at radius 3 is 2.44 bits per heavy atom. The molecular weight excluding hydrogens is 320 g/mol. The van der Waals surface area contributed by atoms with E-state index < -0.39 is 4.92 Å². The van der Waals surface area contributed by atoms with Gasteiger partial charge in [-0.25, -0.2) is 4.68 Å². The molecule has 0 atom stereocenters. The fraction of sp³-hybridized carbons (Fsp3) is 0.111. The molecule has 2 heterocycles. The lowest BCUT2D eigenvalue weighted by Gasteiger charge is -2.09. The fourth-order valence-electron chi connectivity index (χ4n) is 3.18. The van der Waals surface area contributed by atoms with Gasteiger partial charge in [-0.3, -0.25) is 14.9 Å².